The molecule has 1 N–H and O–H groups in total. The molecule has 0 aliphatic heterocycles. The van der Waals surface area contributed by atoms with Gasteiger partial charge in [0.2, 0.25) is 0 Å². The Morgan fingerprint density at radius 2 is 2.19 bits per heavy atom. The van der Waals surface area contributed by atoms with E-state index in [-0.39, 0.29) is 5.41 Å². The molecule has 0 aromatic carbocycles. The number of rotatable bonds is 5. The van der Waals surface area contributed by atoms with Gasteiger partial charge in [-0.1, -0.05) is 19.9 Å². The second-order valence-corrected chi connectivity index (χ2v) is 4.90. The van der Waals surface area contributed by atoms with Crippen molar-refractivity contribution in [2.75, 3.05) is 11.9 Å². The SMILES string of the molecule is Cc1ccc(NCC(C)(C)CCC#N)nc1. The van der Waals surface area contributed by atoms with E-state index in [0.717, 1.165) is 24.3 Å². The van der Waals surface area contributed by atoms with Crippen LogP contribution < -0.4 is 5.32 Å². The van der Waals surface area contributed by atoms with Gasteiger partial charge in [0.15, 0.2) is 0 Å². The van der Waals surface area contributed by atoms with Crippen LogP contribution in [0, 0.1) is 23.7 Å². The highest BCUT2D eigenvalue weighted by molar-refractivity contribution is 5.35. The van der Waals surface area contributed by atoms with Gasteiger partial charge >= 0.3 is 0 Å². The summed E-state index contributed by atoms with van der Waals surface area (Å²) in [6, 6.07) is 6.21. The van der Waals surface area contributed by atoms with Gasteiger partial charge in [0.05, 0.1) is 6.07 Å². The Labute approximate surface area is 97.5 Å². The third-order valence-corrected chi connectivity index (χ3v) is 2.57. The van der Waals surface area contributed by atoms with Crippen LogP contribution >= 0.6 is 0 Å². The van der Waals surface area contributed by atoms with Crippen LogP contribution in [0.1, 0.15) is 32.3 Å². The predicted molar refractivity (Wildman–Crippen MR) is 66.1 cm³/mol. The molecule has 0 atom stereocenters. The maximum atomic E-state index is 8.56. The molecule has 16 heavy (non-hydrogen) atoms. The van der Waals surface area contributed by atoms with Crippen molar-refractivity contribution in [3.63, 3.8) is 0 Å². The minimum Gasteiger partial charge on any atom is -0.370 e. The minimum atomic E-state index is 0.127. The first kappa shape index (κ1) is 12.5. The van der Waals surface area contributed by atoms with E-state index in [1.165, 1.54) is 0 Å². The van der Waals surface area contributed by atoms with Crippen molar-refractivity contribution in [2.45, 2.75) is 33.6 Å². The lowest BCUT2D eigenvalue weighted by molar-refractivity contribution is 0.363. The molecule has 1 aromatic rings. The Balaban J connectivity index is 2.45. The van der Waals surface area contributed by atoms with E-state index in [1.807, 2.05) is 25.3 Å². The second-order valence-electron chi connectivity index (χ2n) is 4.90. The van der Waals surface area contributed by atoms with Gasteiger partial charge in [-0.15, -0.1) is 0 Å². The van der Waals surface area contributed by atoms with Gasteiger partial charge < -0.3 is 5.32 Å². The Bertz CT molecular complexity index is 360. The van der Waals surface area contributed by atoms with Gasteiger partial charge in [-0.2, -0.15) is 5.26 Å². The van der Waals surface area contributed by atoms with Crippen LogP contribution in [0.25, 0.3) is 0 Å². The highest BCUT2D eigenvalue weighted by Gasteiger charge is 2.17. The fraction of sp³-hybridized carbons (Fsp3) is 0.538. The molecule has 3 nitrogen and oxygen atoms in total. The summed E-state index contributed by atoms with van der Waals surface area (Å²) in [5.41, 5.74) is 1.29. The third-order valence-electron chi connectivity index (χ3n) is 2.57. The van der Waals surface area contributed by atoms with Crippen LogP contribution in [-0.4, -0.2) is 11.5 Å². The van der Waals surface area contributed by atoms with Gasteiger partial charge in [0.25, 0.3) is 0 Å². The van der Waals surface area contributed by atoms with Crippen molar-refractivity contribution in [2.24, 2.45) is 5.41 Å². The summed E-state index contributed by atoms with van der Waals surface area (Å²) in [6.07, 6.45) is 3.36. The first-order valence-corrected chi connectivity index (χ1v) is 5.57. The molecule has 0 saturated carbocycles. The lowest BCUT2D eigenvalue weighted by Gasteiger charge is -2.24. The monoisotopic (exact) mass is 217 g/mol. The van der Waals surface area contributed by atoms with Crippen LogP contribution in [0.4, 0.5) is 5.82 Å². The Kier molecular flexibility index (Phi) is 4.30. The molecule has 0 saturated heterocycles. The molecule has 0 aliphatic carbocycles. The van der Waals surface area contributed by atoms with Crippen LogP contribution in [0.15, 0.2) is 18.3 Å². The number of hydrogen-bond acceptors (Lipinski definition) is 3. The molecule has 0 aliphatic rings. The van der Waals surface area contributed by atoms with Crippen molar-refractivity contribution in [3.8, 4) is 6.07 Å². The summed E-state index contributed by atoms with van der Waals surface area (Å²) in [5, 5.41) is 11.9. The highest BCUT2D eigenvalue weighted by atomic mass is 15.0. The zero-order valence-corrected chi connectivity index (χ0v) is 10.2. The van der Waals surface area contributed by atoms with Gasteiger partial charge in [-0.05, 0) is 30.4 Å². The van der Waals surface area contributed by atoms with Crippen molar-refractivity contribution in [1.82, 2.24) is 4.98 Å². The Morgan fingerprint density at radius 1 is 1.44 bits per heavy atom. The quantitative estimate of drug-likeness (QED) is 0.824. The minimum absolute atomic E-state index is 0.127. The third kappa shape index (κ3) is 4.31. The fourth-order valence-corrected chi connectivity index (χ4v) is 1.38. The van der Waals surface area contributed by atoms with E-state index in [2.05, 4.69) is 30.2 Å². The Hall–Kier alpha value is -1.56. The van der Waals surface area contributed by atoms with Gasteiger partial charge in [-0.25, -0.2) is 4.98 Å². The molecule has 1 rings (SSSR count). The maximum absolute atomic E-state index is 8.56. The zero-order valence-electron chi connectivity index (χ0n) is 10.2. The van der Waals surface area contributed by atoms with E-state index in [1.54, 1.807) is 0 Å². The smallest absolute Gasteiger partial charge is 0.125 e. The molecular weight excluding hydrogens is 198 g/mol. The number of aryl methyl sites for hydroxylation is 1. The average Bonchev–Trinajstić information content (AvgIpc) is 2.26. The Morgan fingerprint density at radius 3 is 2.75 bits per heavy atom. The van der Waals surface area contributed by atoms with E-state index >= 15 is 0 Å². The molecular formula is C13H19N3. The summed E-state index contributed by atoms with van der Waals surface area (Å²) in [5.74, 6) is 0.899. The average molecular weight is 217 g/mol. The summed E-state index contributed by atoms with van der Waals surface area (Å²) >= 11 is 0. The summed E-state index contributed by atoms with van der Waals surface area (Å²) in [4.78, 5) is 4.29. The molecule has 1 heterocycles. The molecule has 3 heteroatoms. The first-order chi connectivity index (χ1) is 7.53. The molecule has 0 bridgehead atoms. The standard InChI is InChI=1S/C13H19N3/c1-11-5-6-12(15-9-11)16-10-13(2,3)7-4-8-14/h5-6,9H,4,7,10H2,1-3H3,(H,15,16). The molecule has 0 spiro atoms. The van der Waals surface area contributed by atoms with Crippen molar-refractivity contribution >= 4 is 5.82 Å². The largest absolute Gasteiger partial charge is 0.370 e. The molecule has 0 unspecified atom stereocenters. The second kappa shape index (κ2) is 5.50. The van der Waals surface area contributed by atoms with Gasteiger partial charge in [-0.3, -0.25) is 0 Å². The van der Waals surface area contributed by atoms with Crippen LogP contribution in [0.2, 0.25) is 0 Å². The van der Waals surface area contributed by atoms with Crippen molar-refractivity contribution in [3.05, 3.63) is 23.9 Å². The van der Waals surface area contributed by atoms with E-state index in [9.17, 15) is 0 Å². The number of nitrogens with one attached hydrogen (secondary N) is 1. The summed E-state index contributed by atoms with van der Waals surface area (Å²) in [7, 11) is 0. The van der Waals surface area contributed by atoms with E-state index in [4.69, 9.17) is 5.26 Å². The maximum Gasteiger partial charge on any atom is 0.125 e. The van der Waals surface area contributed by atoms with E-state index < -0.39 is 0 Å². The number of nitrogens with zero attached hydrogens (tertiary/aromatic N) is 2. The fourth-order valence-electron chi connectivity index (χ4n) is 1.38. The summed E-state index contributed by atoms with van der Waals surface area (Å²) in [6.45, 7) is 7.18. The van der Waals surface area contributed by atoms with Gasteiger partial charge in [0.1, 0.15) is 5.82 Å². The highest BCUT2D eigenvalue weighted by Crippen LogP contribution is 2.22. The number of anilines is 1. The number of pyridine rings is 1. The molecule has 1 aromatic heterocycles. The molecule has 0 fully saturated rings. The molecule has 0 amide bonds. The first-order valence-electron chi connectivity index (χ1n) is 5.57. The lowest BCUT2D eigenvalue weighted by Crippen LogP contribution is -2.23. The van der Waals surface area contributed by atoms with Gasteiger partial charge in [0, 0.05) is 19.2 Å². The van der Waals surface area contributed by atoms with Crippen LogP contribution in [0.3, 0.4) is 0 Å². The number of aromatic nitrogens is 1. The van der Waals surface area contributed by atoms with Crippen molar-refractivity contribution in [1.29, 1.82) is 5.26 Å². The number of nitriles is 1. The molecule has 86 valence electrons. The zero-order chi connectivity index (χ0) is 12.0. The predicted octanol–water partition coefficient (Wildman–Crippen LogP) is 3.13. The summed E-state index contributed by atoms with van der Waals surface area (Å²) < 4.78 is 0. The van der Waals surface area contributed by atoms with Crippen LogP contribution in [-0.2, 0) is 0 Å². The van der Waals surface area contributed by atoms with E-state index in [0.29, 0.717) is 6.42 Å². The normalized spacial score (nSPS) is 10.9. The molecule has 0 radical (unpaired) electrons. The van der Waals surface area contributed by atoms with Crippen LogP contribution in [0.5, 0.6) is 0 Å². The topological polar surface area (TPSA) is 48.7 Å². The van der Waals surface area contributed by atoms with Crippen molar-refractivity contribution < 1.29 is 0 Å². The lowest BCUT2D eigenvalue weighted by atomic mass is 9.88. The number of hydrogen-bond donors (Lipinski definition) is 1.